The number of rotatable bonds is 5. The van der Waals surface area contributed by atoms with Crippen LogP contribution in [0.1, 0.15) is 44.4 Å². The van der Waals surface area contributed by atoms with E-state index in [0.717, 1.165) is 22.3 Å². The predicted molar refractivity (Wildman–Crippen MR) is 118 cm³/mol. The van der Waals surface area contributed by atoms with Crippen molar-refractivity contribution < 1.29 is 14.2 Å². The number of nitrogens with zero attached hydrogens (tertiary/aromatic N) is 2. The minimum absolute atomic E-state index is 0.0659. The van der Waals surface area contributed by atoms with E-state index in [9.17, 15) is 5.21 Å². The Bertz CT molecular complexity index is 870. The van der Waals surface area contributed by atoms with Crippen LogP contribution in [-0.4, -0.2) is 41.0 Å². The Balaban J connectivity index is 1.57. The van der Waals surface area contributed by atoms with E-state index in [-0.39, 0.29) is 24.2 Å². The van der Waals surface area contributed by atoms with Crippen LogP contribution in [-0.2, 0) is 16.0 Å². The molecule has 160 valence electrons. The number of hydrogen-bond acceptors (Lipinski definition) is 4. The lowest BCUT2D eigenvalue weighted by molar-refractivity contribution is -0.473. The molecule has 0 aromatic heterocycles. The zero-order valence-corrected chi connectivity index (χ0v) is 18.3. The van der Waals surface area contributed by atoms with Gasteiger partial charge in [-0.1, -0.05) is 74.5 Å². The standard InChI is InChI=1S/C25H32N2O3/c1-18(2)23-15-22(17-27(28)16-20-11-7-5-8-12-20)29-25(23)26(4)19(3)24(30-25)21-13-9-6-10-14-21/h5-14,17-19,22-24H,15-16H2,1-4H3/t19-,22-,23-,24+,25-/m0/s1. The summed E-state index contributed by atoms with van der Waals surface area (Å²) in [7, 11) is 2.07. The fourth-order valence-corrected chi connectivity index (χ4v) is 4.84. The minimum atomic E-state index is -0.817. The van der Waals surface area contributed by atoms with Crippen molar-refractivity contribution >= 4 is 6.21 Å². The highest BCUT2D eigenvalue weighted by molar-refractivity contribution is 5.58. The highest BCUT2D eigenvalue weighted by Crippen LogP contribution is 2.51. The van der Waals surface area contributed by atoms with Gasteiger partial charge in [-0.15, -0.1) is 0 Å². The van der Waals surface area contributed by atoms with E-state index in [4.69, 9.17) is 9.47 Å². The summed E-state index contributed by atoms with van der Waals surface area (Å²) in [6.45, 7) is 6.91. The summed E-state index contributed by atoms with van der Waals surface area (Å²) in [6, 6.07) is 20.3. The lowest BCUT2D eigenvalue weighted by atomic mass is 9.89. The summed E-state index contributed by atoms with van der Waals surface area (Å²) in [5, 5.41) is 12.6. The van der Waals surface area contributed by atoms with Gasteiger partial charge in [0, 0.05) is 17.5 Å². The topological polar surface area (TPSA) is 47.8 Å². The summed E-state index contributed by atoms with van der Waals surface area (Å²) in [5.74, 6) is -0.283. The first-order chi connectivity index (χ1) is 14.4. The molecule has 2 aromatic rings. The molecule has 0 bridgehead atoms. The van der Waals surface area contributed by atoms with Gasteiger partial charge in [-0.2, -0.15) is 0 Å². The fraction of sp³-hybridized carbons (Fsp3) is 0.480. The van der Waals surface area contributed by atoms with Crippen LogP contribution in [0.2, 0.25) is 0 Å². The molecule has 4 rings (SSSR count). The van der Waals surface area contributed by atoms with Crippen LogP contribution in [0.4, 0.5) is 0 Å². The molecule has 5 atom stereocenters. The van der Waals surface area contributed by atoms with Crippen LogP contribution in [0.15, 0.2) is 60.7 Å². The summed E-state index contributed by atoms with van der Waals surface area (Å²) < 4.78 is 14.2. The van der Waals surface area contributed by atoms with Crippen LogP contribution >= 0.6 is 0 Å². The van der Waals surface area contributed by atoms with Crippen LogP contribution in [0.3, 0.4) is 0 Å². The first kappa shape index (κ1) is 21.0. The molecule has 0 saturated carbocycles. The number of hydrogen-bond donors (Lipinski definition) is 0. The minimum Gasteiger partial charge on any atom is -0.624 e. The molecule has 0 radical (unpaired) electrons. The second-order valence-electron chi connectivity index (χ2n) is 8.88. The summed E-state index contributed by atoms with van der Waals surface area (Å²) >= 11 is 0. The Morgan fingerprint density at radius 2 is 1.73 bits per heavy atom. The van der Waals surface area contributed by atoms with Gasteiger partial charge in [0.05, 0.1) is 0 Å². The molecule has 5 heteroatoms. The SMILES string of the molecule is CC(C)[C@@H]1C[C@@H](C=[N+]([O-])Cc2ccccc2)O[C@]12O[C@@H](c1ccccc1)[C@H](C)N2C. The molecular formula is C25H32N2O3. The molecule has 30 heavy (non-hydrogen) atoms. The number of benzene rings is 2. The molecule has 0 unspecified atom stereocenters. The van der Waals surface area contributed by atoms with E-state index in [1.54, 1.807) is 6.21 Å². The van der Waals surface area contributed by atoms with Gasteiger partial charge in [0.25, 0.3) is 0 Å². The van der Waals surface area contributed by atoms with Gasteiger partial charge in [-0.25, -0.2) is 9.64 Å². The molecule has 0 N–H and O–H groups in total. The predicted octanol–water partition coefficient (Wildman–Crippen LogP) is 4.57. The van der Waals surface area contributed by atoms with Gasteiger partial charge >= 0.3 is 0 Å². The second kappa shape index (κ2) is 8.50. The highest BCUT2D eigenvalue weighted by atomic mass is 16.7. The van der Waals surface area contributed by atoms with E-state index in [1.807, 2.05) is 48.5 Å². The Morgan fingerprint density at radius 3 is 2.37 bits per heavy atom. The lowest BCUT2D eigenvalue weighted by Crippen LogP contribution is -2.51. The van der Waals surface area contributed by atoms with Gasteiger partial charge in [-0.05, 0) is 31.9 Å². The lowest BCUT2D eigenvalue weighted by Gasteiger charge is -2.37. The monoisotopic (exact) mass is 408 g/mol. The molecule has 0 aliphatic carbocycles. The first-order valence-corrected chi connectivity index (χ1v) is 10.9. The third kappa shape index (κ3) is 3.89. The Kier molecular flexibility index (Phi) is 5.96. The number of hydroxylamine groups is 1. The van der Waals surface area contributed by atoms with E-state index < -0.39 is 5.91 Å². The van der Waals surface area contributed by atoms with E-state index >= 15 is 0 Å². The Hall–Kier alpha value is -2.21. The molecule has 1 spiro atoms. The maximum Gasteiger partial charge on any atom is 0.234 e. The molecule has 2 saturated heterocycles. The maximum atomic E-state index is 12.6. The van der Waals surface area contributed by atoms with E-state index in [0.29, 0.717) is 12.5 Å². The summed E-state index contributed by atoms with van der Waals surface area (Å²) in [6.07, 6.45) is 2.10. The van der Waals surface area contributed by atoms with Gasteiger partial charge in [-0.3, -0.25) is 0 Å². The van der Waals surface area contributed by atoms with Crippen molar-refractivity contribution in [3.8, 4) is 0 Å². The number of ether oxygens (including phenoxy) is 2. The van der Waals surface area contributed by atoms with Crippen molar-refractivity contribution in [3.63, 3.8) is 0 Å². The first-order valence-electron chi connectivity index (χ1n) is 10.9. The van der Waals surface area contributed by atoms with Gasteiger partial charge < -0.3 is 14.7 Å². The third-order valence-corrected chi connectivity index (χ3v) is 6.56. The Labute approximate surface area is 179 Å². The molecule has 2 heterocycles. The summed E-state index contributed by atoms with van der Waals surface area (Å²) in [4.78, 5) is 2.22. The zero-order chi connectivity index (χ0) is 21.3. The van der Waals surface area contributed by atoms with Crippen molar-refractivity contribution in [2.45, 2.75) is 57.9 Å². The van der Waals surface area contributed by atoms with Crippen molar-refractivity contribution in [3.05, 3.63) is 77.0 Å². The highest BCUT2D eigenvalue weighted by Gasteiger charge is 2.61. The Morgan fingerprint density at radius 1 is 1.10 bits per heavy atom. The van der Waals surface area contributed by atoms with Gasteiger partial charge in [0.1, 0.15) is 12.2 Å². The molecule has 2 aliphatic heterocycles. The van der Waals surface area contributed by atoms with Crippen LogP contribution in [0.5, 0.6) is 0 Å². The average molecular weight is 409 g/mol. The zero-order valence-electron chi connectivity index (χ0n) is 18.3. The third-order valence-electron chi connectivity index (χ3n) is 6.56. The van der Waals surface area contributed by atoms with Crippen LogP contribution in [0, 0.1) is 17.0 Å². The second-order valence-corrected chi connectivity index (χ2v) is 8.88. The van der Waals surface area contributed by atoms with Gasteiger partial charge in [0.15, 0.2) is 12.8 Å². The smallest absolute Gasteiger partial charge is 0.234 e. The molecular weight excluding hydrogens is 376 g/mol. The van der Waals surface area contributed by atoms with E-state index in [1.165, 1.54) is 0 Å². The molecule has 5 nitrogen and oxygen atoms in total. The fourth-order valence-electron chi connectivity index (χ4n) is 4.84. The molecule has 2 aliphatic rings. The quantitative estimate of drug-likeness (QED) is 0.315. The molecule has 2 aromatic carbocycles. The largest absolute Gasteiger partial charge is 0.624 e. The van der Waals surface area contributed by atoms with Crippen LogP contribution < -0.4 is 0 Å². The van der Waals surface area contributed by atoms with Crippen molar-refractivity contribution in [1.82, 2.24) is 4.90 Å². The van der Waals surface area contributed by atoms with Crippen LogP contribution in [0.25, 0.3) is 0 Å². The van der Waals surface area contributed by atoms with E-state index in [2.05, 4.69) is 44.9 Å². The van der Waals surface area contributed by atoms with Crippen molar-refractivity contribution in [1.29, 1.82) is 0 Å². The van der Waals surface area contributed by atoms with Crippen molar-refractivity contribution in [2.75, 3.05) is 7.05 Å². The molecule has 2 fully saturated rings. The maximum absolute atomic E-state index is 12.6. The average Bonchev–Trinajstić information content (AvgIpc) is 3.22. The normalized spacial score (nSPS) is 32.4. The van der Waals surface area contributed by atoms with Crippen molar-refractivity contribution in [2.24, 2.45) is 11.8 Å². The summed E-state index contributed by atoms with van der Waals surface area (Å²) in [5.41, 5.74) is 2.14. The molecule has 0 amide bonds. The van der Waals surface area contributed by atoms with Gasteiger partial charge in [0.2, 0.25) is 5.91 Å². The number of likely N-dealkylation sites (N-methyl/N-ethyl adjacent to an activating group) is 1.